The molecule has 1 unspecified atom stereocenters. The molecule has 0 amide bonds. The van der Waals surface area contributed by atoms with E-state index in [1.807, 2.05) is 0 Å². The highest BCUT2D eigenvalue weighted by Gasteiger charge is 2.11. The number of hydrogen-bond donors (Lipinski definition) is 0. The molecule has 0 saturated heterocycles. The van der Waals surface area contributed by atoms with Crippen LogP contribution >= 0.6 is 27.3 Å². The van der Waals surface area contributed by atoms with E-state index in [-0.39, 0.29) is 0 Å². The van der Waals surface area contributed by atoms with Gasteiger partial charge in [0.05, 0.1) is 4.83 Å². The number of benzene rings is 1. The normalized spacial score (nSPS) is 12.6. The van der Waals surface area contributed by atoms with Crippen molar-refractivity contribution in [3.05, 3.63) is 45.9 Å². The van der Waals surface area contributed by atoms with Crippen molar-refractivity contribution < 1.29 is 0 Å². The molecule has 0 saturated carbocycles. The van der Waals surface area contributed by atoms with Gasteiger partial charge in [-0.1, -0.05) is 53.2 Å². The summed E-state index contributed by atoms with van der Waals surface area (Å²) in [6.45, 7) is 2.15. The number of alkyl halides is 1. The van der Waals surface area contributed by atoms with Crippen molar-refractivity contribution in [1.29, 1.82) is 0 Å². The molecule has 0 aliphatic heterocycles. The number of nitrogens with zero attached hydrogens (tertiary/aromatic N) is 2. The fraction of sp³-hybridized carbons (Fsp3) is 0.429. The number of hydrogen-bond acceptors (Lipinski definition) is 3. The first-order valence-electron chi connectivity index (χ1n) is 6.30. The second-order valence-electron chi connectivity index (χ2n) is 4.25. The van der Waals surface area contributed by atoms with Crippen LogP contribution in [0.15, 0.2) is 30.3 Å². The van der Waals surface area contributed by atoms with E-state index in [4.69, 9.17) is 0 Å². The topological polar surface area (TPSA) is 25.8 Å². The lowest BCUT2D eigenvalue weighted by Crippen LogP contribution is -1.89. The van der Waals surface area contributed by atoms with E-state index in [1.54, 1.807) is 11.3 Å². The predicted molar refractivity (Wildman–Crippen MR) is 80.3 cm³/mol. The molecular weight excluding hydrogens is 308 g/mol. The minimum Gasteiger partial charge on any atom is -0.144 e. The van der Waals surface area contributed by atoms with Gasteiger partial charge >= 0.3 is 0 Å². The van der Waals surface area contributed by atoms with Gasteiger partial charge in [-0.05, 0) is 24.8 Å². The van der Waals surface area contributed by atoms with Crippen LogP contribution in [0.5, 0.6) is 0 Å². The zero-order valence-corrected chi connectivity index (χ0v) is 12.9. The van der Waals surface area contributed by atoms with Crippen molar-refractivity contribution in [2.45, 2.75) is 37.4 Å². The van der Waals surface area contributed by atoms with Gasteiger partial charge in [-0.2, -0.15) is 0 Å². The Hall–Kier alpha value is -0.740. The van der Waals surface area contributed by atoms with Crippen molar-refractivity contribution in [1.82, 2.24) is 10.2 Å². The summed E-state index contributed by atoms with van der Waals surface area (Å²) < 4.78 is 0. The van der Waals surface area contributed by atoms with Crippen molar-refractivity contribution >= 4 is 27.3 Å². The molecule has 1 aromatic carbocycles. The van der Waals surface area contributed by atoms with E-state index < -0.39 is 0 Å². The first kappa shape index (κ1) is 13.7. The second-order valence-corrected chi connectivity index (χ2v) is 6.45. The number of aryl methyl sites for hydroxylation is 2. The molecule has 18 heavy (non-hydrogen) atoms. The molecule has 0 aliphatic rings. The van der Waals surface area contributed by atoms with Crippen LogP contribution < -0.4 is 0 Å². The van der Waals surface area contributed by atoms with Gasteiger partial charge in [0.2, 0.25) is 0 Å². The van der Waals surface area contributed by atoms with Crippen LogP contribution in [0.3, 0.4) is 0 Å². The van der Waals surface area contributed by atoms with Crippen molar-refractivity contribution in [2.75, 3.05) is 0 Å². The third-order valence-electron chi connectivity index (χ3n) is 2.81. The number of rotatable bonds is 6. The average molecular weight is 325 g/mol. The number of aromatic nitrogens is 2. The average Bonchev–Trinajstić information content (AvgIpc) is 2.88. The van der Waals surface area contributed by atoms with Crippen LogP contribution in [0.2, 0.25) is 0 Å². The summed E-state index contributed by atoms with van der Waals surface area (Å²) in [5.41, 5.74) is 1.40. The third kappa shape index (κ3) is 3.89. The summed E-state index contributed by atoms with van der Waals surface area (Å²) in [6.07, 6.45) is 4.33. The standard InChI is InChI=1S/C14H17BrN2S/c1-2-12(15)14-17-16-13(18-14)10-6-9-11-7-4-3-5-8-11/h3-5,7-8,12H,2,6,9-10H2,1H3. The predicted octanol–water partition coefficient (Wildman–Crippen LogP) is 4.56. The van der Waals surface area contributed by atoms with Gasteiger partial charge in [0.15, 0.2) is 0 Å². The van der Waals surface area contributed by atoms with Gasteiger partial charge in [-0.3, -0.25) is 0 Å². The Balaban J connectivity index is 1.82. The Bertz CT molecular complexity index is 470. The molecule has 2 rings (SSSR count). The molecule has 2 nitrogen and oxygen atoms in total. The molecule has 96 valence electrons. The van der Waals surface area contributed by atoms with Crippen LogP contribution in [-0.2, 0) is 12.8 Å². The third-order valence-corrected chi connectivity index (χ3v) is 5.29. The molecular formula is C14H17BrN2S. The Morgan fingerprint density at radius 1 is 1.17 bits per heavy atom. The summed E-state index contributed by atoms with van der Waals surface area (Å²) >= 11 is 5.34. The lowest BCUT2D eigenvalue weighted by molar-refractivity contribution is 0.794. The first-order valence-corrected chi connectivity index (χ1v) is 8.03. The highest BCUT2D eigenvalue weighted by atomic mass is 79.9. The van der Waals surface area contributed by atoms with Gasteiger partial charge in [0, 0.05) is 6.42 Å². The summed E-state index contributed by atoms with van der Waals surface area (Å²) in [7, 11) is 0. The van der Waals surface area contributed by atoms with Crippen LogP contribution in [0.4, 0.5) is 0 Å². The van der Waals surface area contributed by atoms with Crippen molar-refractivity contribution in [2.24, 2.45) is 0 Å². The highest BCUT2D eigenvalue weighted by molar-refractivity contribution is 9.09. The minimum atomic E-state index is 0.359. The maximum atomic E-state index is 4.25. The molecule has 0 spiro atoms. The number of halogens is 1. The molecule has 0 fully saturated rings. The molecule has 1 aromatic heterocycles. The second kappa shape index (κ2) is 7.00. The fourth-order valence-corrected chi connectivity index (χ4v) is 3.07. The van der Waals surface area contributed by atoms with Crippen molar-refractivity contribution in [3.63, 3.8) is 0 Å². The lowest BCUT2D eigenvalue weighted by Gasteiger charge is -1.99. The van der Waals surface area contributed by atoms with Gasteiger partial charge in [0.25, 0.3) is 0 Å². The maximum Gasteiger partial charge on any atom is 0.131 e. The highest BCUT2D eigenvalue weighted by Crippen LogP contribution is 2.28. The fourth-order valence-electron chi connectivity index (χ4n) is 1.76. The summed E-state index contributed by atoms with van der Waals surface area (Å²) in [4.78, 5) is 0.359. The summed E-state index contributed by atoms with van der Waals surface area (Å²) in [5.74, 6) is 0. The van der Waals surface area contributed by atoms with Crippen molar-refractivity contribution in [3.8, 4) is 0 Å². The van der Waals surface area contributed by atoms with E-state index in [1.165, 1.54) is 5.56 Å². The largest absolute Gasteiger partial charge is 0.144 e. The molecule has 2 aromatic rings. The SMILES string of the molecule is CCC(Br)c1nnc(CCCc2ccccc2)s1. The van der Waals surface area contributed by atoms with Crippen LogP contribution in [-0.4, -0.2) is 10.2 Å². The van der Waals surface area contributed by atoms with Crippen LogP contribution in [0.1, 0.15) is 40.2 Å². The Kier molecular flexibility index (Phi) is 5.32. The molecule has 0 N–H and O–H groups in total. The quantitative estimate of drug-likeness (QED) is 0.728. The van der Waals surface area contributed by atoms with Gasteiger partial charge in [-0.15, -0.1) is 21.5 Å². The minimum absolute atomic E-state index is 0.359. The Morgan fingerprint density at radius 2 is 1.94 bits per heavy atom. The first-order chi connectivity index (χ1) is 8.79. The van der Waals surface area contributed by atoms with Gasteiger partial charge in [-0.25, -0.2) is 0 Å². The molecule has 1 atom stereocenters. The zero-order chi connectivity index (χ0) is 12.8. The lowest BCUT2D eigenvalue weighted by atomic mass is 10.1. The Labute approximate surface area is 121 Å². The van der Waals surface area contributed by atoms with E-state index >= 15 is 0 Å². The van der Waals surface area contributed by atoms with Crippen LogP contribution in [0.25, 0.3) is 0 Å². The molecule has 0 aliphatic carbocycles. The molecule has 4 heteroatoms. The zero-order valence-electron chi connectivity index (χ0n) is 10.5. The monoisotopic (exact) mass is 324 g/mol. The molecule has 1 heterocycles. The molecule has 0 bridgehead atoms. The van der Waals surface area contributed by atoms with Gasteiger partial charge in [0.1, 0.15) is 10.0 Å². The summed E-state index contributed by atoms with van der Waals surface area (Å²) in [5, 5.41) is 10.7. The summed E-state index contributed by atoms with van der Waals surface area (Å²) in [6, 6.07) is 10.6. The smallest absolute Gasteiger partial charge is 0.131 e. The molecule has 0 radical (unpaired) electrons. The van der Waals surface area contributed by atoms with E-state index in [0.29, 0.717) is 4.83 Å². The van der Waals surface area contributed by atoms with Crippen LogP contribution in [0, 0.1) is 0 Å². The van der Waals surface area contributed by atoms with E-state index in [9.17, 15) is 0 Å². The van der Waals surface area contributed by atoms with E-state index in [0.717, 1.165) is 35.7 Å². The van der Waals surface area contributed by atoms with Gasteiger partial charge < -0.3 is 0 Å². The maximum absolute atomic E-state index is 4.25. The van der Waals surface area contributed by atoms with E-state index in [2.05, 4.69) is 63.4 Å². The Morgan fingerprint density at radius 3 is 2.67 bits per heavy atom.